The summed E-state index contributed by atoms with van der Waals surface area (Å²) in [7, 11) is 0. The standard InChI is InChI=1S/C16H25FN2O/c1-11(2)5-4-6-12(3)19-10-14-8-7-13(16(18)20)9-15(14)17/h7-9,11-12,19H,4-6,10H2,1-3H3,(H2,18,20). The number of halogens is 1. The zero-order valence-electron chi connectivity index (χ0n) is 12.6. The molecule has 1 unspecified atom stereocenters. The lowest BCUT2D eigenvalue weighted by Crippen LogP contribution is -2.26. The van der Waals surface area contributed by atoms with Crippen LogP contribution in [0, 0.1) is 11.7 Å². The van der Waals surface area contributed by atoms with Crippen molar-refractivity contribution in [1.29, 1.82) is 0 Å². The molecule has 4 heteroatoms. The first kappa shape index (κ1) is 16.6. The molecule has 0 spiro atoms. The Hall–Kier alpha value is -1.42. The molecule has 0 bridgehead atoms. The minimum absolute atomic E-state index is 0.205. The molecule has 112 valence electrons. The lowest BCUT2D eigenvalue weighted by Gasteiger charge is -2.15. The molecule has 0 saturated carbocycles. The van der Waals surface area contributed by atoms with Gasteiger partial charge in [-0.05, 0) is 31.4 Å². The molecule has 1 rings (SSSR count). The zero-order chi connectivity index (χ0) is 15.1. The van der Waals surface area contributed by atoms with Crippen molar-refractivity contribution < 1.29 is 9.18 Å². The van der Waals surface area contributed by atoms with E-state index in [2.05, 4.69) is 26.1 Å². The Morgan fingerprint density at radius 2 is 2.00 bits per heavy atom. The van der Waals surface area contributed by atoms with Gasteiger partial charge in [-0.15, -0.1) is 0 Å². The van der Waals surface area contributed by atoms with Gasteiger partial charge in [0.05, 0.1) is 0 Å². The van der Waals surface area contributed by atoms with Crippen LogP contribution in [0.4, 0.5) is 4.39 Å². The third-order valence-electron chi connectivity index (χ3n) is 3.40. The molecule has 1 aromatic rings. The zero-order valence-corrected chi connectivity index (χ0v) is 12.6. The quantitative estimate of drug-likeness (QED) is 0.768. The van der Waals surface area contributed by atoms with Crippen LogP contribution in [0.25, 0.3) is 0 Å². The lowest BCUT2D eigenvalue weighted by molar-refractivity contribution is 0.1000. The van der Waals surface area contributed by atoms with Gasteiger partial charge in [-0.1, -0.05) is 32.8 Å². The second-order valence-corrected chi connectivity index (χ2v) is 5.78. The van der Waals surface area contributed by atoms with E-state index in [1.54, 1.807) is 12.1 Å². The smallest absolute Gasteiger partial charge is 0.248 e. The van der Waals surface area contributed by atoms with Crippen LogP contribution < -0.4 is 11.1 Å². The molecule has 0 aliphatic heterocycles. The number of nitrogens with two attached hydrogens (primary N) is 1. The predicted octanol–water partition coefficient (Wildman–Crippen LogP) is 3.23. The molecule has 1 amide bonds. The van der Waals surface area contributed by atoms with Gasteiger partial charge in [0, 0.05) is 23.7 Å². The molecule has 0 heterocycles. The van der Waals surface area contributed by atoms with E-state index in [0.29, 0.717) is 18.2 Å². The fraction of sp³-hybridized carbons (Fsp3) is 0.562. The van der Waals surface area contributed by atoms with Crippen molar-refractivity contribution in [3.63, 3.8) is 0 Å². The number of carbonyl (C=O) groups is 1. The molecule has 1 atom stereocenters. The van der Waals surface area contributed by atoms with Gasteiger partial charge in [-0.2, -0.15) is 0 Å². The summed E-state index contributed by atoms with van der Waals surface area (Å²) in [5.41, 5.74) is 5.88. The molecule has 1 aromatic carbocycles. The Morgan fingerprint density at radius 1 is 1.30 bits per heavy atom. The van der Waals surface area contributed by atoms with Gasteiger partial charge in [-0.25, -0.2) is 4.39 Å². The number of nitrogens with one attached hydrogen (secondary N) is 1. The number of hydrogen-bond donors (Lipinski definition) is 2. The average Bonchev–Trinajstić information content (AvgIpc) is 2.36. The van der Waals surface area contributed by atoms with Crippen LogP contribution >= 0.6 is 0 Å². The van der Waals surface area contributed by atoms with Gasteiger partial charge in [0.15, 0.2) is 0 Å². The van der Waals surface area contributed by atoms with Gasteiger partial charge in [0.25, 0.3) is 0 Å². The third-order valence-corrected chi connectivity index (χ3v) is 3.40. The number of rotatable bonds is 8. The lowest BCUT2D eigenvalue weighted by atomic mass is 10.0. The van der Waals surface area contributed by atoms with E-state index in [9.17, 15) is 9.18 Å². The number of amides is 1. The molecule has 0 aliphatic rings. The van der Waals surface area contributed by atoms with Gasteiger partial charge in [0.2, 0.25) is 5.91 Å². The van der Waals surface area contributed by atoms with Gasteiger partial charge in [-0.3, -0.25) is 4.79 Å². The fourth-order valence-electron chi connectivity index (χ4n) is 2.06. The minimum atomic E-state index is -0.606. The predicted molar refractivity (Wildman–Crippen MR) is 79.9 cm³/mol. The topological polar surface area (TPSA) is 55.1 Å². The summed E-state index contributed by atoms with van der Waals surface area (Å²) in [4.78, 5) is 10.9. The first-order valence-electron chi connectivity index (χ1n) is 7.21. The molecule has 0 saturated heterocycles. The summed E-state index contributed by atoms with van der Waals surface area (Å²) in [6, 6.07) is 4.72. The fourth-order valence-corrected chi connectivity index (χ4v) is 2.06. The summed E-state index contributed by atoms with van der Waals surface area (Å²) in [5, 5.41) is 3.31. The first-order valence-corrected chi connectivity index (χ1v) is 7.21. The maximum Gasteiger partial charge on any atom is 0.248 e. The van der Waals surface area contributed by atoms with E-state index in [-0.39, 0.29) is 11.4 Å². The Bertz CT molecular complexity index is 446. The monoisotopic (exact) mass is 280 g/mol. The van der Waals surface area contributed by atoms with Crippen molar-refractivity contribution in [2.75, 3.05) is 0 Å². The second kappa shape index (κ2) is 8.00. The van der Waals surface area contributed by atoms with Crippen molar-refractivity contribution in [1.82, 2.24) is 5.32 Å². The van der Waals surface area contributed by atoms with Crippen LogP contribution in [-0.4, -0.2) is 11.9 Å². The molecular formula is C16H25FN2O. The average molecular weight is 280 g/mol. The molecule has 0 aromatic heterocycles. The highest BCUT2D eigenvalue weighted by molar-refractivity contribution is 5.92. The minimum Gasteiger partial charge on any atom is -0.366 e. The maximum atomic E-state index is 13.8. The van der Waals surface area contributed by atoms with Crippen LogP contribution in [0.5, 0.6) is 0 Å². The maximum absolute atomic E-state index is 13.8. The van der Waals surface area contributed by atoms with Crippen LogP contribution in [-0.2, 0) is 6.54 Å². The molecule has 3 N–H and O–H groups in total. The summed E-state index contributed by atoms with van der Waals surface area (Å²) >= 11 is 0. The number of carbonyl (C=O) groups excluding carboxylic acids is 1. The Morgan fingerprint density at radius 3 is 2.55 bits per heavy atom. The Labute approximate surface area is 120 Å². The second-order valence-electron chi connectivity index (χ2n) is 5.78. The van der Waals surface area contributed by atoms with Gasteiger partial charge < -0.3 is 11.1 Å². The highest BCUT2D eigenvalue weighted by Gasteiger charge is 2.08. The number of benzene rings is 1. The van der Waals surface area contributed by atoms with Crippen molar-refractivity contribution in [2.45, 2.75) is 52.6 Å². The molecule has 3 nitrogen and oxygen atoms in total. The highest BCUT2D eigenvalue weighted by atomic mass is 19.1. The number of hydrogen-bond acceptors (Lipinski definition) is 2. The molecule has 0 radical (unpaired) electrons. The highest BCUT2D eigenvalue weighted by Crippen LogP contribution is 2.12. The van der Waals surface area contributed by atoms with Crippen molar-refractivity contribution in [2.24, 2.45) is 11.7 Å². The third kappa shape index (κ3) is 5.70. The van der Waals surface area contributed by atoms with Crippen LogP contribution in [0.1, 0.15) is 56.0 Å². The normalized spacial score (nSPS) is 12.7. The van der Waals surface area contributed by atoms with Gasteiger partial charge in [0.1, 0.15) is 5.82 Å². The van der Waals surface area contributed by atoms with E-state index in [1.807, 2.05) is 0 Å². The van der Waals surface area contributed by atoms with Crippen LogP contribution in [0.15, 0.2) is 18.2 Å². The summed E-state index contributed by atoms with van der Waals surface area (Å²) in [6.45, 7) is 7.01. The van der Waals surface area contributed by atoms with Crippen LogP contribution in [0.3, 0.4) is 0 Å². The van der Waals surface area contributed by atoms with E-state index < -0.39 is 5.91 Å². The molecule has 0 aliphatic carbocycles. The first-order chi connectivity index (χ1) is 9.40. The van der Waals surface area contributed by atoms with E-state index in [0.717, 1.165) is 12.3 Å². The summed E-state index contributed by atoms with van der Waals surface area (Å²) in [5.74, 6) is -0.269. The SMILES string of the molecule is CC(C)CCCC(C)NCc1ccc(C(N)=O)cc1F. The molecular weight excluding hydrogens is 255 g/mol. The largest absolute Gasteiger partial charge is 0.366 e. The number of primary amides is 1. The summed E-state index contributed by atoms with van der Waals surface area (Å²) < 4.78 is 13.8. The van der Waals surface area contributed by atoms with Crippen molar-refractivity contribution >= 4 is 5.91 Å². The van der Waals surface area contributed by atoms with E-state index in [4.69, 9.17) is 5.73 Å². The van der Waals surface area contributed by atoms with E-state index in [1.165, 1.54) is 18.9 Å². The molecule has 20 heavy (non-hydrogen) atoms. The van der Waals surface area contributed by atoms with Crippen molar-refractivity contribution in [3.05, 3.63) is 35.1 Å². The Balaban J connectivity index is 2.43. The molecule has 0 fully saturated rings. The summed E-state index contributed by atoms with van der Waals surface area (Å²) in [6.07, 6.45) is 3.47. The Kier molecular flexibility index (Phi) is 6.65. The van der Waals surface area contributed by atoms with Crippen LogP contribution in [0.2, 0.25) is 0 Å². The van der Waals surface area contributed by atoms with Gasteiger partial charge >= 0.3 is 0 Å². The van der Waals surface area contributed by atoms with E-state index >= 15 is 0 Å². The van der Waals surface area contributed by atoms with Crippen molar-refractivity contribution in [3.8, 4) is 0 Å².